The number of hydrogen-bond acceptors (Lipinski definition) is 7. The van der Waals surface area contributed by atoms with Gasteiger partial charge in [0.25, 0.3) is 0 Å². The number of sulfonamides is 1. The number of anilines is 1. The molecule has 1 aliphatic heterocycles. The maximum Gasteiger partial charge on any atom is 0.242 e. The maximum atomic E-state index is 13.3. The van der Waals surface area contributed by atoms with Crippen LogP contribution in [0, 0.1) is 0 Å². The van der Waals surface area contributed by atoms with Crippen molar-refractivity contribution in [3.05, 3.63) is 48.0 Å². The zero-order valence-corrected chi connectivity index (χ0v) is 21.8. The van der Waals surface area contributed by atoms with Gasteiger partial charge in [-0.3, -0.25) is 13.9 Å². The second-order valence-electron chi connectivity index (χ2n) is 8.42. The lowest BCUT2D eigenvalue weighted by atomic mass is 10.1. The highest BCUT2D eigenvalue weighted by molar-refractivity contribution is 7.92. The largest absolute Gasteiger partial charge is 0.497 e. The molecule has 0 fully saturated rings. The molecule has 0 saturated heterocycles. The summed E-state index contributed by atoms with van der Waals surface area (Å²) in [5.41, 5.74) is 1.25. The van der Waals surface area contributed by atoms with E-state index in [1.165, 1.54) is 9.21 Å². The van der Waals surface area contributed by atoms with Crippen LogP contribution in [0.15, 0.2) is 42.5 Å². The van der Waals surface area contributed by atoms with Crippen molar-refractivity contribution in [3.8, 4) is 17.2 Å². The molecule has 0 spiro atoms. The number of nitrogens with one attached hydrogen (secondary N) is 1. The number of likely N-dealkylation sites (N-methyl/N-ethyl adjacent to an activating group) is 1. The number of carbonyl (C=O) groups excluding carboxylic acids is 2. The van der Waals surface area contributed by atoms with Gasteiger partial charge in [-0.25, -0.2) is 8.42 Å². The third-order valence-electron chi connectivity index (χ3n) is 5.80. The Bertz CT molecular complexity index is 1190. The third kappa shape index (κ3) is 6.81. The van der Waals surface area contributed by atoms with Crippen LogP contribution in [0.1, 0.15) is 32.3 Å². The van der Waals surface area contributed by atoms with E-state index in [1.54, 1.807) is 38.3 Å². The quantitative estimate of drug-likeness (QED) is 0.458. The molecule has 0 aromatic heterocycles. The summed E-state index contributed by atoms with van der Waals surface area (Å²) >= 11 is 0. The van der Waals surface area contributed by atoms with Crippen LogP contribution in [-0.2, 0) is 26.2 Å². The average Bonchev–Trinajstić information content (AvgIpc) is 3.32. The van der Waals surface area contributed by atoms with Gasteiger partial charge in [0.15, 0.2) is 11.5 Å². The molecule has 0 saturated carbocycles. The van der Waals surface area contributed by atoms with Crippen molar-refractivity contribution in [2.24, 2.45) is 0 Å². The number of fused-ring (bicyclic) bond motifs is 1. The lowest BCUT2D eigenvalue weighted by molar-refractivity contribution is -0.140. The van der Waals surface area contributed by atoms with Crippen molar-refractivity contribution in [3.63, 3.8) is 0 Å². The number of hydrogen-bond donors (Lipinski definition) is 1. The molecule has 0 unspecified atom stereocenters. The summed E-state index contributed by atoms with van der Waals surface area (Å²) in [5, 5.41) is 2.76. The zero-order chi connectivity index (χ0) is 26.3. The van der Waals surface area contributed by atoms with E-state index in [0.717, 1.165) is 11.8 Å². The van der Waals surface area contributed by atoms with Gasteiger partial charge >= 0.3 is 0 Å². The minimum absolute atomic E-state index is 0.0598. The summed E-state index contributed by atoms with van der Waals surface area (Å²) in [6, 6.07) is 11.5. The summed E-state index contributed by atoms with van der Waals surface area (Å²) in [5.74, 6) is 1.16. The van der Waals surface area contributed by atoms with Gasteiger partial charge in [0.1, 0.15) is 11.8 Å². The van der Waals surface area contributed by atoms with Crippen LogP contribution in [0.3, 0.4) is 0 Å². The van der Waals surface area contributed by atoms with Gasteiger partial charge in [-0.15, -0.1) is 0 Å². The predicted octanol–water partition coefficient (Wildman–Crippen LogP) is 2.52. The SMILES string of the molecule is CCNC(=O)[C@H](C)N(Cc1cccc(OC)c1)C(=O)CCCN(c1ccc2c(c1)OCO2)S(C)(=O)=O. The van der Waals surface area contributed by atoms with Crippen LogP contribution in [0.5, 0.6) is 17.2 Å². The molecule has 196 valence electrons. The van der Waals surface area contributed by atoms with E-state index < -0.39 is 16.1 Å². The van der Waals surface area contributed by atoms with Crippen LogP contribution in [0.25, 0.3) is 0 Å². The van der Waals surface area contributed by atoms with E-state index >= 15 is 0 Å². The van der Waals surface area contributed by atoms with Gasteiger partial charge in [0, 0.05) is 32.1 Å². The van der Waals surface area contributed by atoms with E-state index in [4.69, 9.17) is 14.2 Å². The van der Waals surface area contributed by atoms with E-state index in [1.807, 2.05) is 25.1 Å². The molecule has 2 aromatic carbocycles. The second kappa shape index (κ2) is 12.0. The molecule has 0 radical (unpaired) electrons. The van der Waals surface area contributed by atoms with E-state index in [9.17, 15) is 18.0 Å². The monoisotopic (exact) mass is 519 g/mol. The molecular weight excluding hydrogens is 486 g/mol. The molecule has 0 aliphatic carbocycles. The van der Waals surface area contributed by atoms with Gasteiger partial charge in [-0.2, -0.15) is 0 Å². The van der Waals surface area contributed by atoms with E-state index in [0.29, 0.717) is 29.5 Å². The standard InChI is InChI=1S/C25H33N3O7S/c1-5-26-25(30)18(2)27(16-19-8-6-9-21(14-19)33-3)24(29)10-7-13-28(36(4,31)32)20-11-12-22-23(15-20)35-17-34-22/h6,8-9,11-12,14-15,18H,5,7,10,13,16-17H2,1-4H3,(H,26,30)/t18-/m0/s1. The molecule has 36 heavy (non-hydrogen) atoms. The Morgan fingerprint density at radius 1 is 1.14 bits per heavy atom. The molecule has 11 heteroatoms. The summed E-state index contributed by atoms with van der Waals surface area (Å²) in [4.78, 5) is 27.3. The Kier molecular flexibility index (Phi) is 9.03. The number of benzene rings is 2. The van der Waals surface area contributed by atoms with Gasteiger partial charge in [0.05, 0.1) is 19.1 Å². The Balaban J connectivity index is 1.73. The lowest BCUT2D eigenvalue weighted by Crippen LogP contribution is -2.47. The molecule has 1 heterocycles. The topological polar surface area (TPSA) is 114 Å². The molecule has 1 aliphatic rings. The number of methoxy groups -OCH3 is 1. The van der Waals surface area contributed by atoms with Crippen LogP contribution >= 0.6 is 0 Å². The first kappa shape index (κ1) is 27.1. The molecule has 0 bridgehead atoms. The summed E-state index contributed by atoms with van der Waals surface area (Å²) in [6.07, 6.45) is 1.44. The highest BCUT2D eigenvalue weighted by Gasteiger charge is 2.27. The first-order valence-electron chi connectivity index (χ1n) is 11.7. The van der Waals surface area contributed by atoms with Crippen LogP contribution in [-0.4, -0.2) is 64.4 Å². The normalized spacial score (nSPS) is 13.1. The van der Waals surface area contributed by atoms with Gasteiger partial charge in [0.2, 0.25) is 28.6 Å². The molecule has 1 atom stereocenters. The van der Waals surface area contributed by atoms with E-state index in [2.05, 4.69) is 5.32 Å². The van der Waals surface area contributed by atoms with Crippen molar-refractivity contribution in [2.45, 2.75) is 39.3 Å². The van der Waals surface area contributed by atoms with Crippen LogP contribution in [0.4, 0.5) is 5.69 Å². The Hall–Kier alpha value is -3.47. The first-order chi connectivity index (χ1) is 17.1. The van der Waals surface area contributed by atoms with Gasteiger partial charge < -0.3 is 24.4 Å². The molecule has 1 N–H and O–H groups in total. The summed E-state index contributed by atoms with van der Waals surface area (Å²) < 4.78 is 42.2. The Morgan fingerprint density at radius 2 is 1.89 bits per heavy atom. The van der Waals surface area contributed by atoms with Crippen molar-refractivity contribution in [1.29, 1.82) is 0 Å². The van der Waals surface area contributed by atoms with Crippen molar-refractivity contribution in [1.82, 2.24) is 10.2 Å². The third-order valence-corrected chi connectivity index (χ3v) is 7.00. The summed E-state index contributed by atoms with van der Waals surface area (Å²) in [7, 11) is -2.05. The molecular formula is C25H33N3O7S. The lowest BCUT2D eigenvalue weighted by Gasteiger charge is -2.29. The van der Waals surface area contributed by atoms with Crippen LogP contribution < -0.4 is 23.8 Å². The smallest absolute Gasteiger partial charge is 0.242 e. The van der Waals surface area contributed by atoms with Crippen LogP contribution in [0.2, 0.25) is 0 Å². The Labute approximate surface area is 212 Å². The fourth-order valence-corrected chi connectivity index (χ4v) is 4.87. The van der Waals surface area contributed by atoms with Gasteiger partial charge in [-0.05, 0) is 50.1 Å². The molecule has 2 aromatic rings. The molecule has 10 nitrogen and oxygen atoms in total. The zero-order valence-electron chi connectivity index (χ0n) is 21.0. The second-order valence-corrected chi connectivity index (χ2v) is 10.3. The fourth-order valence-electron chi connectivity index (χ4n) is 3.92. The minimum atomic E-state index is -3.61. The fraction of sp³-hybridized carbons (Fsp3) is 0.440. The molecule has 2 amide bonds. The number of nitrogens with zero attached hydrogens (tertiary/aromatic N) is 2. The minimum Gasteiger partial charge on any atom is -0.497 e. The highest BCUT2D eigenvalue weighted by Crippen LogP contribution is 2.36. The maximum absolute atomic E-state index is 13.3. The number of rotatable bonds is 12. The predicted molar refractivity (Wildman–Crippen MR) is 136 cm³/mol. The number of carbonyl (C=O) groups is 2. The Morgan fingerprint density at radius 3 is 2.58 bits per heavy atom. The summed E-state index contributed by atoms with van der Waals surface area (Å²) in [6.45, 7) is 4.33. The van der Waals surface area contributed by atoms with Crippen molar-refractivity contribution >= 4 is 27.5 Å². The highest BCUT2D eigenvalue weighted by atomic mass is 32.2. The van der Waals surface area contributed by atoms with Gasteiger partial charge in [-0.1, -0.05) is 12.1 Å². The molecule has 3 rings (SSSR count). The van der Waals surface area contributed by atoms with E-state index in [-0.39, 0.29) is 44.5 Å². The van der Waals surface area contributed by atoms with Crippen molar-refractivity contribution in [2.75, 3.05) is 37.6 Å². The average molecular weight is 520 g/mol. The number of ether oxygens (including phenoxy) is 3. The number of amides is 2. The van der Waals surface area contributed by atoms with Crippen molar-refractivity contribution < 1.29 is 32.2 Å². The first-order valence-corrected chi connectivity index (χ1v) is 13.6.